The molecular formula is C21H22ClN3O2S2. The zero-order chi connectivity index (χ0) is 20.4. The number of benzene rings is 1. The number of carbonyl (C=O) groups excluding carboxylic acids is 1. The van der Waals surface area contributed by atoms with Crippen molar-refractivity contribution in [1.29, 1.82) is 0 Å². The highest BCUT2D eigenvalue weighted by atomic mass is 35.5. The van der Waals surface area contributed by atoms with Crippen molar-refractivity contribution in [3.05, 3.63) is 56.9 Å². The maximum Gasteiger partial charge on any atom is 0.263 e. The van der Waals surface area contributed by atoms with E-state index in [-0.39, 0.29) is 11.9 Å². The van der Waals surface area contributed by atoms with E-state index in [0.717, 1.165) is 47.4 Å². The number of anilines is 1. The molecule has 0 bridgehead atoms. The van der Waals surface area contributed by atoms with E-state index in [4.69, 9.17) is 16.3 Å². The molecule has 1 unspecified atom stereocenters. The number of amides is 1. The van der Waals surface area contributed by atoms with Gasteiger partial charge in [-0.05, 0) is 43.7 Å². The highest BCUT2D eigenvalue weighted by Crippen LogP contribution is 2.35. The zero-order valence-corrected chi connectivity index (χ0v) is 18.7. The zero-order valence-electron chi connectivity index (χ0n) is 16.3. The first-order valence-electron chi connectivity index (χ1n) is 9.48. The summed E-state index contributed by atoms with van der Waals surface area (Å²) in [6, 6.07) is 12.1. The maximum atomic E-state index is 12.8. The predicted octanol–water partition coefficient (Wildman–Crippen LogP) is 5.16. The van der Waals surface area contributed by atoms with Gasteiger partial charge in [-0.15, -0.1) is 22.7 Å². The van der Waals surface area contributed by atoms with Gasteiger partial charge in [-0.2, -0.15) is 0 Å². The van der Waals surface area contributed by atoms with Gasteiger partial charge >= 0.3 is 0 Å². The number of nitrogens with one attached hydrogen (secondary N) is 1. The quantitative estimate of drug-likeness (QED) is 0.586. The summed E-state index contributed by atoms with van der Waals surface area (Å²) in [6.45, 7) is 7.22. The Labute approximate surface area is 183 Å². The van der Waals surface area contributed by atoms with E-state index in [1.54, 1.807) is 0 Å². The van der Waals surface area contributed by atoms with Crippen LogP contribution in [0.2, 0.25) is 4.34 Å². The third-order valence-electron chi connectivity index (χ3n) is 4.90. The lowest BCUT2D eigenvalue weighted by molar-refractivity contribution is 0.0943. The average molecular weight is 448 g/mol. The fraction of sp³-hybridized carbons (Fsp3) is 0.333. The molecule has 0 radical (unpaired) electrons. The van der Waals surface area contributed by atoms with Crippen LogP contribution in [0.25, 0.3) is 9.88 Å². The van der Waals surface area contributed by atoms with Gasteiger partial charge in [-0.1, -0.05) is 23.7 Å². The summed E-state index contributed by atoms with van der Waals surface area (Å²) >= 11 is 8.89. The lowest BCUT2D eigenvalue weighted by Gasteiger charge is -2.29. The first kappa shape index (κ1) is 20.3. The second-order valence-electron chi connectivity index (χ2n) is 6.92. The number of morpholine rings is 1. The molecular weight excluding hydrogens is 426 g/mol. The third kappa shape index (κ3) is 4.64. The number of aryl methyl sites for hydroxylation is 1. The van der Waals surface area contributed by atoms with E-state index >= 15 is 0 Å². The third-order valence-corrected chi connectivity index (χ3v) is 7.46. The van der Waals surface area contributed by atoms with E-state index in [9.17, 15) is 4.79 Å². The highest BCUT2D eigenvalue weighted by Gasteiger charge is 2.19. The summed E-state index contributed by atoms with van der Waals surface area (Å²) in [5.41, 5.74) is 3.00. The van der Waals surface area contributed by atoms with Gasteiger partial charge in [0.2, 0.25) is 0 Å². The minimum atomic E-state index is -0.0985. The van der Waals surface area contributed by atoms with E-state index in [0.29, 0.717) is 9.21 Å². The Morgan fingerprint density at radius 3 is 2.55 bits per heavy atom. The molecule has 1 saturated heterocycles. The molecule has 1 aromatic carbocycles. The lowest BCUT2D eigenvalue weighted by atomic mass is 10.1. The molecule has 1 aliphatic rings. The molecule has 5 nitrogen and oxygen atoms in total. The van der Waals surface area contributed by atoms with Crippen LogP contribution in [0.4, 0.5) is 5.69 Å². The summed E-state index contributed by atoms with van der Waals surface area (Å²) in [7, 11) is 0. The Balaban J connectivity index is 1.43. The van der Waals surface area contributed by atoms with Crippen LogP contribution in [0.5, 0.6) is 0 Å². The van der Waals surface area contributed by atoms with Crippen LogP contribution in [0.1, 0.15) is 33.9 Å². The Morgan fingerprint density at radius 2 is 1.90 bits per heavy atom. The molecule has 0 saturated carbocycles. The summed E-state index contributed by atoms with van der Waals surface area (Å²) in [6.07, 6.45) is 0. The normalized spacial score (nSPS) is 15.3. The van der Waals surface area contributed by atoms with E-state index < -0.39 is 0 Å². The van der Waals surface area contributed by atoms with Gasteiger partial charge in [-0.3, -0.25) is 4.79 Å². The number of thiophene rings is 1. The Kier molecular flexibility index (Phi) is 6.20. The standard InChI is InChI=1S/C21H22ClN3O2S2/c1-13(15-3-5-16(6-4-15)25-9-11-27-12-10-25)23-20(26)19-14(2)24-21(29-19)17-7-8-18(22)28-17/h3-8,13H,9-12H2,1-2H3,(H,23,26). The number of ether oxygens (including phenoxy) is 1. The highest BCUT2D eigenvalue weighted by molar-refractivity contribution is 7.24. The Hall–Kier alpha value is -1.93. The lowest BCUT2D eigenvalue weighted by Crippen LogP contribution is -2.36. The number of nitrogens with zero attached hydrogens (tertiary/aromatic N) is 2. The van der Waals surface area contributed by atoms with Crippen molar-refractivity contribution in [3.63, 3.8) is 0 Å². The molecule has 4 rings (SSSR count). The van der Waals surface area contributed by atoms with Crippen LogP contribution >= 0.6 is 34.3 Å². The summed E-state index contributed by atoms with van der Waals surface area (Å²) in [5, 5.41) is 3.92. The van der Waals surface area contributed by atoms with E-state index in [2.05, 4.69) is 39.5 Å². The summed E-state index contributed by atoms with van der Waals surface area (Å²) in [5.74, 6) is -0.0985. The van der Waals surface area contributed by atoms with Crippen molar-refractivity contribution in [2.75, 3.05) is 31.2 Å². The molecule has 0 aliphatic carbocycles. The molecule has 1 fully saturated rings. The van der Waals surface area contributed by atoms with Crippen molar-refractivity contribution in [3.8, 4) is 9.88 Å². The number of carbonyl (C=O) groups is 1. The fourth-order valence-corrected chi connectivity index (χ4v) is 5.35. The molecule has 2 aromatic heterocycles. The molecule has 29 heavy (non-hydrogen) atoms. The SMILES string of the molecule is Cc1nc(-c2ccc(Cl)s2)sc1C(=O)NC(C)c1ccc(N2CCOCC2)cc1. The first-order chi connectivity index (χ1) is 14.0. The Bertz CT molecular complexity index is 994. The minimum absolute atomic E-state index is 0.0950. The fourth-order valence-electron chi connectivity index (χ4n) is 3.28. The minimum Gasteiger partial charge on any atom is -0.378 e. The van der Waals surface area contributed by atoms with Crippen LogP contribution in [0.15, 0.2) is 36.4 Å². The van der Waals surface area contributed by atoms with Crippen molar-refractivity contribution < 1.29 is 9.53 Å². The summed E-state index contributed by atoms with van der Waals surface area (Å²) in [4.78, 5) is 21.3. The van der Waals surface area contributed by atoms with E-state index in [1.165, 1.54) is 28.4 Å². The van der Waals surface area contributed by atoms with Gasteiger partial charge in [0.05, 0.1) is 34.2 Å². The van der Waals surface area contributed by atoms with Gasteiger partial charge < -0.3 is 15.0 Å². The number of aromatic nitrogens is 1. The second-order valence-corrected chi connectivity index (χ2v) is 9.64. The largest absolute Gasteiger partial charge is 0.378 e. The smallest absolute Gasteiger partial charge is 0.263 e. The second kappa shape index (κ2) is 8.83. The molecule has 152 valence electrons. The molecule has 1 aliphatic heterocycles. The van der Waals surface area contributed by atoms with Crippen LogP contribution < -0.4 is 10.2 Å². The van der Waals surface area contributed by atoms with Gasteiger partial charge in [0.25, 0.3) is 5.91 Å². The molecule has 1 N–H and O–H groups in total. The van der Waals surface area contributed by atoms with Gasteiger partial charge in [-0.25, -0.2) is 4.98 Å². The number of hydrogen-bond donors (Lipinski definition) is 1. The molecule has 3 aromatic rings. The van der Waals surface area contributed by atoms with Crippen molar-refractivity contribution in [2.24, 2.45) is 0 Å². The van der Waals surface area contributed by atoms with Crippen molar-refractivity contribution >= 4 is 45.9 Å². The average Bonchev–Trinajstić information content (AvgIpc) is 3.34. The first-order valence-corrected chi connectivity index (χ1v) is 11.5. The number of thiazole rings is 1. The van der Waals surface area contributed by atoms with Crippen molar-refractivity contribution in [2.45, 2.75) is 19.9 Å². The van der Waals surface area contributed by atoms with Gasteiger partial charge in [0.1, 0.15) is 9.88 Å². The van der Waals surface area contributed by atoms with Crippen molar-refractivity contribution in [1.82, 2.24) is 10.3 Å². The summed E-state index contributed by atoms with van der Waals surface area (Å²) < 4.78 is 6.13. The van der Waals surface area contributed by atoms with Crippen LogP contribution in [-0.4, -0.2) is 37.2 Å². The topological polar surface area (TPSA) is 54.5 Å². The molecule has 1 atom stereocenters. The van der Waals surface area contributed by atoms with Gasteiger partial charge in [0.15, 0.2) is 0 Å². The number of rotatable bonds is 5. The monoisotopic (exact) mass is 447 g/mol. The Morgan fingerprint density at radius 1 is 1.17 bits per heavy atom. The maximum absolute atomic E-state index is 12.8. The molecule has 0 spiro atoms. The van der Waals surface area contributed by atoms with Crippen LogP contribution in [-0.2, 0) is 4.74 Å². The van der Waals surface area contributed by atoms with Crippen LogP contribution in [0.3, 0.4) is 0 Å². The molecule has 1 amide bonds. The van der Waals surface area contributed by atoms with E-state index in [1.807, 2.05) is 26.0 Å². The molecule has 3 heterocycles. The molecule has 8 heteroatoms. The van der Waals surface area contributed by atoms with Gasteiger partial charge in [0, 0.05) is 18.8 Å². The number of hydrogen-bond acceptors (Lipinski definition) is 6. The predicted molar refractivity (Wildman–Crippen MR) is 121 cm³/mol. The number of halogens is 1. The van der Waals surface area contributed by atoms with Crippen LogP contribution in [0, 0.1) is 6.92 Å².